The number of rotatable bonds is 6. The van der Waals surface area contributed by atoms with Gasteiger partial charge in [0.2, 0.25) is 10.0 Å². The molecule has 0 aliphatic rings. The Labute approximate surface area is 155 Å². The zero-order chi connectivity index (χ0) is 18.6. The predicted molar refractivity (Wildman–Crippen MR) is 96.9 cm³/mol. The molecule has 0 saturated carbocycles. The smallest absolute Gasteiger partial charge is 0.255 e. The van der Waals surface area contributed by atoms with Crippen LogP contribution in [0.4, 0.5) is 0 Å². The van der Waals surface area contributed by atoms with E-state index >= 15 is 0 Å². The Morgan fingerprint density at radius 3 is 2.40 bits per heavy atom. The van der Waals surface area contributed by atoms with Crippen LogP contribution < -0.4 is 15.2 Å². The van der Waals surface area contributed by atoms with E-state index in [1.807, 2.05) is 0 Å². The molecule has 2 aromatic rings. The summed E-state index contributed by atoms with van der Waals surface area (Å²) in [5.74, 6) is -0.122. The molecule has 9 heteroatoms. The number of hydrogen-bond acceptors (Lipinski definition) is 4. The highest BCUT2D eigenvalue weighted by atomic mass is 35.5. The number of methoxy groups -OCH3 is 1. The van der Waals surface area contributed by atoms with Crippen molar-refractivity contribution in [2.75, 3.05) is 13.7 Å². The van der Waals surface area contributed by atoms with E-state index in [0.717, 1.165) is 5.56 Å². The topological polar surface area (TPSA) is 98.5 Å². The van der Waals surface area contributed by atoms with Crippen molar-refractivity contribution < 1.29 is 17.9 Å². The minimum Gasteiger partial charge on any atom is -0.494 e. The van der Waals surface area contributed by atoms with Crippen LogP contribution in [-0.2, 0) is 16.4 Å². The van der Waals surface area contributed by atoms with E-state index in [1.54, 1.807) is 12.1 Å². The second-order valence-corrected chi connectivity index (χ2v) is 7.57. The maximum atomic E-state index is 12.3. The zero-order valence-electron chi connectivity index (χ0n) is 13.3. The zero-order valence-corrected chi connectivity index (χ0v) is 15.6. The summed E-state index contributed by atoms with van der Waals surface area (Å²) in [6.45, 7) is 0.334. The number of carbonyl (C=O) groups is 1. The molecule has 0 bridgehead atoms. The number of carbonyl (C=O) groups excluding carboxylic acids is 1. The van der Waals surface area contributed by atoms with Crippen molar-refractivity contribution in [2.24, 2.45) is 5.14 Å². The van der Waals surface area contributed by atoms with Crippen molar-refractivity contribution >= 4 is 39.1 Å². The summed E-state index contributed by atoms with van der Waals surface area (Å²) in [7, 11) is -2.30. The minimum atomic E-state index is -3.71. The van der Waals surface area contributed by atoms with Gasteiger partial charge in [0.05, 0.1) is 22.6 Å². The summed E-state index contributed by atoms with van der Waals surface area (Å²) in [4.78, 5) is 12.3. The number of hydrogen-bond donors (Lipinski definition) is 2. The molecular weight excluding hydrogens is 387 g/mol. The van der Waals surface area contributed by atoms with Gasteiger partial charge in [0.25, 0.3) is 5.91 Å². The molecular formula is C16H16Cl2N2O4S. The number of benzene rings is 2. The Balaban J connectivity index is 2.02. The highest BCUT2D eigenvalue weighted by Gasteiger charge is 2.16. The maximum Gasteiger partial charge on any atom is 0.255 e. The molecule has 134 valence electrons. The fourth-order valence-electron chi connectivity index (χ4n) is 2.20. The molecule has 0 saturated heterocycles. The molecule has 25 heavy (non-hydrogen) atoms. The first-order valence-electron chi connectivity index (χ1n) is 7.15. The summed E-state index contributed by atoms with van der Waals surface area (Å²) in [5.41, 5.74) is 1.09. The molecule has 0 atom stereocenters. The Morgan fingerprint density at radius 1 is 1.20 bits per heavy atom. The molecule has 0 heterocycles. The van der Waals surface area contributed by atoms with E-state index in [0.29, 0.717) is 18.0 Å². The van der Waals surface area contributed by atoms with Crippen molar-refractivity contribution in [1.29, 1.82) is 0 Å². The van der Waals surface area contributed by atoms with Crippen LogP contribution in [-0.4, -0.2) is 28.0 Å². The number of ether oxygens (including phenoxy) is 1. The Hall–Kier alpha value is -1.80. The molecule has 0 aromatic heterocycles. The molecule has 0 spiro atoms. The first-order chi connectivity index (χ1) is 11.7. The quantitative estimate of drug-likeness (QED) is 0.775. The number of nitrogens with one attached hydrogen (secondary N) is 1. The Morgan fingerprint density at radius 2 is 1.84 bits per heavy atom. The molecule has 0 aliphatic carbocycles. The van der Waals surface area contributed by atoms with Crippen LogP contribution in [0.1, 0.15) is 15.9 Å². The van der Waals surface area contributed by atoms with Gasteiger partial charge < -0.3 is 10.1 Å². The van der Waals surface area contributed by atoms with Gasteiger partial charge in [-0.15, -0.1) is 0 Å². The van der Waals surface area contributed by atoms with Gasteiger partial charge >= 0.3 is 0 Å². The van der Waals surface area contributed by atoms with Crippen LogP contribution in [0.25, 0.3) is 0 Å². The second kappa shape index (κ2) is 8.05. The fraction of sp³-hybridized carbons (Fsp3) is 0.188. The Kier molecular flexibility index (Phi) is 6.29. The number of nitrogens with two attached hydrogens (primary N) is 1. The largest absolute Gasteiger partial charge is 0.494 e. The van der Waals surface area contributed by atoms with Crippen molar-refractivity contribution in [3.05, 3.63) is 57.6 Å². The predicted octanol–water partition coefficient (Wildman–Crippen LogP) is 2.62. The van der Waals surface area contributed by atoms with E-state index in [9.17, 15) is 13.2 Å². The summed E-state index contributed by atoms with van der Waals surface area (Å²) in [5, 5.41) is 8.36. The average Bonchev–Trinajstić information content (AvgIpc) is 2.53. The van der Waals surface area contributed by atoms with E-state index in [2.05, 4.69) is 5.32 Å². The summed E-state index contributed by atoms with van der Waals surface area (Å²) in [6.07, 6.45) is 0.507. The fourth-order valence-corrected chi connectivity index (χ4v) is 3.28. The lowest BCUT2D eigenvalue weighted by atomic mass is 10.1. The van der Waals surface area contributed by atoms with Crippen LogP contribution in [0.3, 0.4) is 0 Å². The summed E-state index contributed by atoms with van der Waals surface area (Å²) < 4.78 is 27.6. The van der Waals surface area contributed by atoms with Crippen LogP contribution in [0.5, 0.6) is 5.75 Å². The van der Waals surface area contributed by atoms with Crippen molar-refractivity contribution in [2.45, 2.75) is 11.3 Å². The number of sulfonamides is 1. The SMILES string of the molecule is COc1c(Cl)cc(Cl)cc1C(=O)NCCc1ccc(S(N)(=O)=O)cc1. The van der Waals surface area contributed by atoms with Gasteiger partial charge in [-0.1, -0.05) is 35.3 Å². The van der Waals surface area contributed by atoms with Crippen LogP contribution >= 0.6 is 23.2 Å². The highest BCUT2D eigenvalue weighted by molar-refractivity contribution is 7.89. The number of primary sulfonamides is 1. The first-order valence-corrected chi connectivity index (χ1v) is 9.45. The van der Waals surface area contributed by atoms with E-state index < -0.39 is 10.0 Å². The molecule has 0 fully saturated rings. The van der Waals surface area contributed by atoms with Gasteiger partial charge in [0.15, 0.2) is 0 Å². The van der Waals surface area contributed by atoms with Crippen LogP contribution in [0.15, 0.2) is 41.3 Å². The first kappa shape index (κ1) is 19.5. The van der Waals surface area contributed by atoms with E-state index in [1.165, 1.54) is 31.4 Å². The number of amides is 1. The van der Waals surface area contributed by atoms with Gasteiger partial charge in [-0.05, 0) is 36.2 Å². The third kappa shape index (κ3) is 5.09. The highest BCUT2D eigenvalue weighted by Crippen LogP contribution is 2.32. The molecule has 0 aliphatic heterocycles. The van der Waals surface area contributed by atoms with Gasteiger partial charge in [-0.3, -0.25) is 4.79 Å². The van der Waals surface area contributed by atoms with E-state index in [4.69, 9.17) is 33.1 Å². The van der Waals surface area contributed by atoms with Crippen LogP contribution in [0.2, 0.25) is 10.0 Å². The van der Waals surface area contributed by atoms with Gasteiger partial charge in [-0.2, -0.15) is 0 Å². The summed E-state index contributed by atoms with van der Waals surface area (Å²) >= 11 is 11.9. The molecule has 2 aromatic carbocycles. The lowest BCUT2D eigenvalue weighted by Gasteiger charge is -2.11. The molecule has 0 unspecified atom stereocenters. The van der Waals surface area contributed by atoms with Crippen molar-refractivity contribution in [1.82, 2.24) is 5.32 Å². The van der Waals surface area contributed by atoms with Crippen molar-refractivity contribution in [3.63, 3.8) is 0 Å². The standard InChI is InChI=1S/C16H16Cl2N2O4S/c1-24-15-13(8-11(17)9-14(15)18)16(21)20-7-6-10-2-4-12(5-3-10)25(19,22)23/h2-5,8-9H,6-7H2,1H3,(H,20,21)(H2,19,22,23). The number of halogens is 2. The third-order valence-electron chi connectivity index (χ3n) is 3.41. The molecule has 2 rings (SSSR count). The molecule has 3 N–H and O–H groups in total. The second-order valence-electron chi connectivity index (χ2n) is 5.16. The molecule has 6 nitrogen and oxygen atoms in total. The van der Waals surface area contributed by atoms with Crippen LogP contribution in [0, 0.1) is 0 Å². The molecule has 0 radical (unpaired) electrons. The van der Waals surface area contributed by atoms with E-state index in [-0.39, 0.29) is 27.1 Å². The van der Waals surface area contributed by atoms with Crippen molar-refractivity contribution in [3.8, 4) is 5.75 Å². The lowest BCUT2D eigenvalue weighted by molar-refractivity contribution is 0.0951. The minimum absolute atomic E-state index is 0.0404. The maximum absolute atomic E-state index is 12.3. The molecule has 1 amide bonds. The van der Waals surface area contributed by atoms with Gasteiger partial charge in [0, 0.05) is 11.6 Å². The summed E-state index contributed by atoms with van der Waals surface area (Å²) in [6, 6.07) is 9.10. The monoisotopic (exact) mass is 402 g/mol. The van der Waals surface area contributed by atoms with Gasteiger partial charge in [-0.25, -0.2) is 13.6 Å². The average molecular weight is 403 g/mol. The van der Waals surface area contributed by atoms with Gasteiger partial charge in [0.1, 0.15) is 5.75 Å². The normalized spacial score (nSPS) is 11.2. The Bertz CT molecular complexity index is 884. The lowest BCUT2D eigenvalue weighted by Crippen LogP contribution is -2.26. The third-order valence-corrected chi connectivity index (χ3v) is 4.84.